The predicted molar refractivity (Wildman–Crippen MR) is 326 cm³/mol. The Hall–Kier alpha value is -1.94. The summed E-state index contributed by atoms with van der Waals surface area (Å²) in [5.41, 5.74) is 0. The summed E-state index contributed by atoms with van der Waals surface area (Å²) in [5.74, 6) is 0.151. The van der Waals surface area contributed by atoms with Crippen molar-refractivity contribution in [2.45, 2.75) is 324 Å². The minimum atomic E-state index is -4.94. The molecule has 3 N–H and O–H groups in total. The third-order valence-corrected chi connectivity index (χ3v) is 17.0. The van der Waals surface area contributed by atoms with Crippen molar-refractivity contribution in [3.8, 4) is 0 Å². The van der Waals surface area contributed by atoms with Crippen LogP contribution in [-0.2, 0) is 65.4 Å². The lowest BCUT2D eigenvalue weighted by Gasteiger charge is -2.21. The van der Waals surface area contributed by atoms with Crippen LogP contribution in [0.2, 0.25) is 0 Å². The zero-order valence-corrected chi connectivity index (χ0v) is 54.7. The van der Waals surface area contributed by atoms with Gasteiger partial charge in [-0.15, -0.1) is 0 Å². The summed E-state index contributed by atoms with van der Waals surface area (Å²) in [6.45, 7) is 11.7. The second kappa shape index (κ2) is 54.5. The van der Waals surface area contributed by atoms with Crippen molar-refractivity contribution >= 4 is 39.5 Å². The summed E-state index contributed by atoms with van der Waals surface area (Å²) in [7, 11) is -9.88. The minimum absolute atomic E-state index is 0.103. The van der Waals surface area contributed by atoms with Crippen LogP contribution >= 0.6 is 15.6 Å². The van der Waals surface area contributed by atoms with E-state index in [-0.39, 0.29) is 25.7 Å². The Kier molecular flexibility index (Phi) is 53.2. The number of carbonyl (C=O) groups is 4. The van der Waals surface area contributed by atoms with Crippen molar-refractivity contribution in [1.82, 2.24) is 0 Å². The number of phosphoric ester groups is 2. The quantitative estimate of drug-likeness (QED) is 0.0222. The zero-order chi connectivity index (χ0) is 61.0. The molecule has 486 valence electrons. The van der Waals surface area contributed by atoms with E-state index in [0.717, 1.165) is 114 Å². The van der Waals surface area contributed by atoms with Gasteiger partial charge in [-0.25, -0.2) is 9.13 Å². The van der Waals surface area contributed by atoms with Crippen LogP contribution < -0.4 is 0 Å². The molecule has 0 radical (unpaired) electrons. The van der Waals surface area contributed by atoms with E-state index in [2.05, 4.69) is 48.5 Å². The lowest BCUT2D eigenvalue weighted by atomic mass is 9.99. The Morgan fingerprint density at radius 2 is 0.622 bits per heavy atom. The molecule has 0 heterocycles. The van der Waals surface area contributed by atoms with E-state index >= 15 is 0 Å². The van der Waals surface area contributed by atoms with Gasteiger partial charge in [0.25, 0.3) is 0 Å². The number of hydrogen-bond donors (Lipinski definition) is 3. The number of unbranched alkanes of at least 4 members (excludes halogenated alkanes) is 27. The molecule has 0 aliphatic rings. The van der Waals surface area contributed by atoms with Gasteiger partial charge >= 0.3 is 39.5 Å². The molecule has 4 unspecified atom stereocenters. The molecule has 0 saturated carbocycles. The highest BCUT2D eigenvalue weighted by Crippen LogP contribution is 2.45. The zero-order valence-electron chi connectivity index (χ0n) is 52.9. The van der Waals surface area contributed by atoms with Crippen LogP contribution in [0.3, 0.4) is 0 Å². The molecule has 17 nitrogen and oxygen atoms in total. The summed E-state index contributed by atoms with van der Waals surface area (Å²) < 4.78 is 67.8. The lowest BCUT2D eigenvalue weighted by molar-refractivity contribution is -0.161. The molecule has 0 bridgehead atoms. The average molecular weight is 1210 g/mol. The highest BCUT2D eigenvalue weighted by Gasteiger charge is 2.30. The number of aliphatic hydroxyl groups is 1. The van der Waals surface area contributed by atoms with Gasteiger partial charge in [-0.2, -0.15) is 0 Å². The number of phosphoric acid groups is 2. The van der Waals surface area contributed by atoms with Crippen molar-refractivity contribution < 1.29 is 80.2 Å². The maximum absolute atomic E-state index is 13.0. The fraction of sp³-hybridized carbons (Fsp3) is 0.937. The van der Waals surface area contributed by atoms with Gasteiger partial charge in [-0.3, -0.25) is 37.3 Å². The summed E-state index contributed by atoms with van der Waals surface area (Å²) in [5, 5.41) is 10.5. The highest BCUT2D eigenvalue weighted by atomic mass is 31.2. The van der Waals surface area contributed by atoms with E-state index in [0.29, 0.717) is 25.7 Å². The number of esters is 4. The molecule has 0 fully saturated rings. The van der Waals surface area contributed by atoms with Crippen LogP contribution in [-0.4, -0.2) is 96.7 Å². The van der Waals surface area contributed by atoms with Crippen molar-refractivity contribution in [2.75, 3.05) is 39.6 Å². The fourth-order valence-electron chi connectivity index (χ4n) is 9.24. The molecule has 0 aliphatic heterocycles. The molecule has 82 heavy (non-hydrogen) atoms. The van der Waals surface area contributed by atoms with Crippen LogP contribution in [0, 0.1) is 17.8 Å². The van der Waals surface area contributed by atoms with E-state index in [1.54, 1.807) is 0 Å². The van der Waals surface area contributed by atoms with Gasteiger partial charge in [0.2, 0.25) is 0 Å². The standard InChI is InChI=1S/C63H122O17P2/c1-8-11-12-27-37-44-60(65)73-50-58(79-63(68)47-40-33-26-20-18-23-30-36-43-56(7)10-3)52-77-81(69,70)75-48-57(64)49-76-82(71,72)78-53-59(51-74-61(66)45-38-31-24-19-17-22-29-35-42-55(6)9-2)80-62(67)46-39-32-25-16-14-13-15-21-28-34-41-54(4)5/h54-59,64H,8-53H2,1-7H3,(H,69,70)(H,71,72)/t55?,56?,57-,58+,59+/m0/s1. The number of rotatable bonds is 61. The van der Waals surface area contributed by atoms with Gasteiger partial charge in [0, 0.05) is 25.7 Å². The van der Waals surface area contributed by atoms with E-state index in [4.69, 9.17) is 37.0 Å². The van der Waals surface area contributed by atoms with E-state index in [1.165, 1.54) is 109 Å². The van der Waals surface area contributed by atoms with Crippen LogP contribution in [0.5, 0.6) is 0 Å². The minimum Gasteiger partial charge on any atom is -0.462 e. The first kappa shape index (κ1) is 80.1. The monoisotopic (exact) mass is 1210 g/mol. The van der Waals surface area contributed by atoms with E-state index in [1.807, 2.05) is 0 Å². The topological polar surface area (TPSA) is 237 Å². The van der Waals surface area contributed by atoms with Gasteiger partial charge in [-0.1, -0.05) is 254 Å². The van der Waals surface area contributed by atoms with E-state index in [9.17, 15) is 43.2 Å². The first-order valence-corrected chi connectivity index (χ1v) is 35.9. The van der Waals surface area contributed by atoms with Gasteiger partial charge in [-0.05, 0) is 43.4 Å². The normalized spacial score (nSPS) is 15.1. The summed E-state index contributed by atoms with van der Waals surface area (Å²) in [4.78, 5) is 72.0. The Bertz CT molecular complexity index is 1630. The van der Waals surface area contributed by atoms with Crippen LogP contribution in [0.25, 0.3) is 0 Å². The van der Waals surface area contributed by atoms with Gasteiger partial charge in [0.1, 0.15) is 19.3 Å². The van der Waals surface area contributed by atoms with Crippen molar-refractivity contribution in [2.24, 2.45) is 17.8 Å². The average Bonchev–Trinajstić information content (AvgIpc) is 3.44. The molecule has 0 aliphatic carbocycles. The maximum Gasteiger partial charge on any atom is 0.472 e. The molecule has 0 aromatic heterocycles. The molecule has 0 saturated heterocycles. The molecule has 0 rings (SSSR count). The number of carbonyl (C=O) groups excluding carboxylic acids is 4. The highest BCUT2D eigenvalue weighted by molar-refractivity contribution is 7.47. The van der Waals surface area contributed by atoms with Crippen molar-refractivity contribution in [1.29, 1.82) is 0 Å². The van der Waals surface area contributed by atoms with Crippen LogP contribution in [0.15, 0.2) is 0 Å². The number of ether oxygens (including phenoxy) is 4. The third-order valence-electron chi connectivity index (χ3n) is 15.1. The van der Waals surface area contributed by atoms with Gasteiger partial charge < -0.3 is 33.8 Å². The number of hydrogen-bond acceptors (Lipinski definition) is 15. The maximum atomic E-state index is 13.0. The molecule has 0 aromatic carbocycles. The largest absolute Gasteiger partial charge is 0.472 e. The third kappa shape index (κ3) is 54.7. The molecule has 0 spiro atoms. The lowest BCUT2D eigenvalue weighted by Crippen LogP contribution is -2.30. The Morgan fingerprint density at radius 3 is 0.927 bits per heavy atom. The summed E-state index contributed by atoms with van der Waals surface area (Å²) in [6.07, 6.45) is 35.0. The molecule has 7 atom stereocenters. The van der Waals surface area contributed by atoms with Gasteiger partial charge in [0.05, 0.1) is 26.4 Å². The SMILES string of the molecule is CCCCCCCC(=O)OC[C@H](COP(=O)(O)OC[C@H](O)COP(=O)(O)OC[C@@H](COC(=O)CCCCCCCCCCC(C)CC)OC(=O)CCCCCCCCCCCCC(C)C)OC(=O)CCCCCCCCCCC(C)CC. The first-order valence-electron chi connectivity index (χ1n) is 32.9. The first-order chi connectivity index (χ1) is 39.3. The van der Waals surface area contributed by atoms with Gasteiger partial charge in [0.15, 0.2) is 12.2 Å². The molecular formula is C63H122O17P2. The molecule has 19 heteroatoms. The second-order valence-corrected chi connectivity index (χ2v) is 26.7. The van der Waals surface area contributed by atoms with Crippen molar-refractivity contribution in [3.63, 3.8) is 0 Å². The Morgan fingerprint density at radius 1 is 0.354 bits per heavy atom. The molecule has 0 aromatic rings. The summed E-state index contributed by atoms with van der Waals surface area (Å²) in [6, 6.07) is 0. The van der Waals surface area contributed by atoms with Crippen molar-refractivity contribution in [3.05, 3.63) is 0 Å². The van der Waals surface area contributed by atoms with E-state index < -0.39 is 97.5 Å². The smallest absolute Gasteiger partial charge is 0.462 e. The second-order valence-electron chi connectivity index (χ2n) is 23.8. The number of aliphatic hydroxyl groups excluding tert-OH is 1. The van der Waals surface area contributed by atoms with Crippen LogP contribution in [0.1, 0.15) is 305 Å². The summed E-state index contributed by atoms with van der Waals surface area (Å²) >= 11 is 0. The Balaban J connectivity index is 5.20. The van der Waals surface area contributed by atoms with Crippen LogP contribution in [0.4, 0.5) is 0 Å². The molecular weight excluding hydrogens is 1090 g/mol. The molecule has 0 amide bonds. The Labute approximate surface area is 498 Å². The fourth-order valence-corrected chi connectivity index (χ4v) is 10.8. The predicted octanol–water partition coefficient (Wildman–Crippen LogP) is 17.1.